The van der Waals surface area contributed by atoms with E-state index in [9.17, 15) is 4.39 Å². The van der Waals surface area contributed by atoms with Gasteiger partial charge in [0.15, 0.2) is 0 Å². The second kappa shape index (κ2) is 5.01. The van der Waals surface area contributed by atoms with Gasteiger partial charge in [-0.2, -0.15) is 0 Å². The zero-order valence-electron chi connectivity index (χ0n) is 9.57. The molecular formula is C13H14FNO2. The Labute approximate surface area is 99.0 Å². The van der Waals surface area contributed by atoms with Crippen molar-refractivity contribution in [2.45, 2.75) is 20.1 Å². The second-order valence-electron chi connectivity index (χ2n) is 3.83. The van der Waals surface area contributed by atoms with E-state index in [0.29, 0.717) is 30.2 Å². The maximum absolute atomic E-state index is 13.0. The Kier molecular flexibility index (Phi) is 3.44. The summed E-state index contributed by atoms with van der Waals surface area (Å²) in [6, 6.07) is 6.48. The molecule has 0 atom stereocenters. The average molecular weight is 235 g/mol. The molecule has 0 spiro atoms. The molecule has 0 fully saturated rings. The molecule has 0 unspecified atom stereocenters. The van der Waals surface area contributed by atoms with Crippen molar-refractivity contribution in [2.24, 2.45) is 5.73 Å². The summed E-state index contributed by atoms with van der Waals surface area (Å²) in [5.41, 5.74) is 6.95. The van der Waals surface area contributed by atoms with Gasteiger partial charge in [-0.1, -0.05) is 0 Å². The molecule has 2 aromatic rings. The van der Waals surface area contributed by atoms with Crippen molar-refractivity contribution in [1.29, 1.82) is 0 Å². The van der Waals surface area contributed by atoms with Gasteiger partial charge in [-0.15, -0.1) is 0 Å². The second-order valence-corrected chi connectivity index (χ2v) is 3.83. The van der Waals surface area contributed by atoms with E-state index in [1.807, 2.05) is 6.07 Å². The van der Waals surface area contributed by atoms with E-state index in [1.165, 1.54) is 6.07 Å². The quantitative estimate of drug-likeness (QED) is 0.886. The molecule has 0 radical (unpaired) electrons. The molecule has 4 heteroatoms. The molecule has 0 aliphatic heterocycles. The maximum Gasteiger partial charge on any atom is 0.146 e. The molecule has 0 saturated carbocycles. The zero-order valence-corrected chi connectivity index (χ0v) is 9.57. The van der Waals surface area contributed by atoms with Crippen molar-refractivity contribution in [3.8, 4) is 5.75 Å². The lowest BCUT2D eigenvalue weighted by atomic mass is 10.2. The Morgan fingerprint density at radius 3 is 2.82 bits per heavy atom. The summed E-state index contributed by atoms with van der Waals surface area (Å²) in [5, 5.41) is 0. The summed E-state index contributed by atoms with van der Waals surface area (Å²) in [5.74, 6) is 1.09. The standard InChI is InChI=1S/C13H14FNO2/c1-9-4-11(2-3-13(9)14)17-8-12-5-10(6-15)7-16-12/h2-5,7H,6,8,15H2,1H3. The van der Waals surface area contributed by atoms with Crippen molar-refractivity contribution >= 4 is 0 Å². The van der Waals surface area contributed by atoms with E-state index in [4.69, 9.17) is 14.9 Å². The fraction of sp³-hybridized carbons (Fsp3) is 0.231. The number of halogens is 1. The van der Waals surface area contributed by atoms with Gasteiger partial charge >= 0.3 is 0 Å². The van der Waals surface area contributed by atoms with Crippen LogP contribution in [0, 0.1) is 12.7 Å². The van der Waals surface area contributed by atoms with Gasteiger partial charge in [-0.3, -0.25) is 0 Å². The molecule has 0 aliphatic carbocycles. The van der Waals surface area contributed by atoms with Crippen LogP contribution in [0.15, 0.2) is 34.9 Å². The minimum atomic E-state index is -0.235. The molecule has 1 aromatic carbocycles. The van der Waals surface area contributed by atoms with Gasteiger partial charge in [-0.25, -0.2) is 4.39 Å². The van der Waals surface area contributed by atoms with Crippen LogP contribution in [-0.2, 0) is 13.2 Å². The van der Waals surface area contributed by atoms with Crippen molar-refractivity contribution in [2.75, 3.05) is 0 Å². The van der Waals surface area contributed by atoms with Gasteiger partial charge in [0.05, 0.1) is 6.26 Å². The fourth-order valence-corrected chi connectivity index (χ4v) is 1.47. The Balaban J connectivity index is 1.99. The molecule has 0 aliphatic rings. The average Bonchev–Trinajstić information content (AvgIpc) is 2.79. The van der Waals surface area contributed by atoms with E-state index in [0.717, 1.165) is 5.56 Å². The SMILES string of the molecule is Cc1cc(OCc2cc(CN)co2)ccc1F. The molecule has 0 bridgehead atoms. The minimum Gasteiger partial charge on any atom is -0.486 e. The molecular weight excluding hydrogens is 221 g/mol. The Morgan fingerprint density at radius 2 is 2.18 bits per heavy atom. The van der Waals surface area contributed by atoms with Gasteiger partial charge in [0, 0.05) is 12.1 Å². The van der Waals surface area contributed by atoms with E-state index in [2.05, 4.69) is 0 Å². The van der Waals surface area contributed by atoms with Crippen molar-refractivity contribution in [1.82, 2.24) is 0 Å². The molecule has 2 rings (SSSR count). The number of hydrogen-bond acceptors (Lipinski definition) is 3. The topological polar surface area (TPSA) is 48.4 Å². The van der Waals surface area contributed by atoms with Crippen LogP contribution >= 0.6 is 0 Å². The van der Waals surface area contributed by atoms with Crippen LogP contribution in [0.3, 0.4) is 0 Å². The van der Waals surface area contributed by atoms with Crippen molar-refractivity contribution < 1.29 is 13.5 Å². The number of rotatable bonds is 4. The zero-order chi connectivity index (χ0) is 12.3. The number of ether oxygens (including phenoxy) is 1. The lowest BCUT2D eigenvalue weighted by Gasteiger charge is -2.05. The van der Waals surface area contributed by atoms with Crippen LogP contribution in [0.1, 0.15) is 16.9 Å². The smallest absolute Gasteiger partial charge is 0.146 e. The van der Waals surface area contributed by atoms with Crippen LogP contribution < -0.4 is 10.5 Å². The van der Waals surface area contributed by atoms with Gasteiger partial charge in [0.2, 0.25) is 0 Å². The molecule has 0 saturated heterocycles. The predicted molar refractivity (Wildman–Crippen MR) is 62.1 cm³/mol. The first-order chi connectivity index (χ1) is 8.19. The van der Waals surface area contributed by atoms with Crippen LogP contribution in [0.25, 0.3) is 0 Å². The number of nitrogens with two attached hydrogens (primary N) is 1. The fourth-order valence-electron chi connectivity index (χ4n) is 1.47. The minimum absolute atomic E-state index is 0.235. The Morgan fingerprint density at radius 1 is 1.35 bits per heavy atom. The predicted octanol–water partition coefficient (Wildman–Crippen LogP) is 2.76. The van der Waals surface area contributed by atoms with E-state index in [-0.39, 0.29) is 5.82 Å². The third kappa shape index (κ3) is 2.85. The largest absolute Gasteiger partial charge is 0.486 e. The molecule has 1 heterocycles. The monoisotopic (exact) mass is 235 g/mol. The van der Waals surface area contributed by atoms with E-state index < -0.39 is 0 Å². The van der Waals surface area contributed by atoms with Gasteiger partial charge in [-0.05, 0) is 36.8 Å². The highest BCUT2D eigenvalue weighted by Crippen LogP contribution is 2.18. The number of hydrogen-bond donors (Lipinski definition) is 1. The van der Waals surface area contributed by atoms with Gasteiger partial charge < -0.3 is 14.9 Å². The van der Waals surface area contributed by atoms with Gasteiger partial charge in [0.1, 0.15) is 23.9 Å². The highest BCUT2D eigenvalue weighted by molar-refractivity contribution is 5.29. The lowest BCUT2D eigenvalue weighted by Crippen LogP contribution is -1.96. The third-order valence-corrected chi connectivity index (χ3v) is 2.45. The molecule has 90 valence electrons. The van der Waals surface area contributed by atoms with Crippen molar-refractivity contribution in [3.05, 3.63) is 53.2 Å². The van der Waals surface area contributed by atoms with Crippen LogP contribution in [0.4, 0.5) is 4.39 Å². The summed E-state index contributed by atoms with van der Waals surface area (Å²) in [7, 11) is 0. The summed E-state index contributed by atoms with van der Waals surface area (Å²) >= 11 is 0. The maximum atomic E-state index is 13.0. The molecule has 1 aromatic heterocycles. The summed E-state index contributed by atoms with van der Waals surface area (Å²) in [4.78, 5) is 0. The third-order valence-electron chi connectivity index (χ3n) is 2.45. The summed E-state index contributed by atoms with van der Waals surface area (Å²) in [6.45, 7) is 2.45. The van der Waals surface area contributed by atoms with Crippen LogP contribution in [0.5, 0.6) is 5.75 Å². The number of benzene rings is 1. The lowest BCUT2D eigenvalue weighted by molar-refractivity contribution is 0.270. The Bertz CT molecular complexity index is 508. The first-order valence-electron chi connectivity index (χ1n) is 5.34. The number of furan rings is 1. The highest BCUT2D eigenvalue weighted by Gasteiger charge is 2.03. The Hall–Kier alpha value is -1.81. The number of aryl methyl sites for hydroxylation is 1. The molecule has 3 nitrogen and oxygen atoms in total. The van der Waals surface area contributed by atoms with E-state index >= 15 is 0 Å². The van der Waals surface area contributed by atoms with Crippen molar-refractivity contribution in [3.63, 3.8) is 0 Å². The molecule has 2 N–H and O–H groups in total. The van der Waals surface area contributed by atoms with E-state index in [1.54, 1.807) is 25.3 Å². The van der Waals surface area contributed by atoms with Crippen LogP contribution in [0.2, 0.25) is 0 Å². The molecule has 0 amide bonds. The highest BCUT2D eigenvalue weighted by atomic mass is 19.1. The first-order valence-corrected chi connectivity index (χ1v) is 5.34. The van der Waals surface area contributed by atoms with Crippen LogP contribution in [-0.4, -0.2) is 0 Å². The summed E-state index contributed by atoms with van der Waals surface area (Å²) < 4.78 is 23.8. The normalized spacial score (nSPS) is 10.5. The summed E-state index contributed by atoms with van der Waals surface area (Å²) in [6.07, 6.45) is 1.61. The first kappa shape index (κ1) is 11.7. The molecule has 17 heavy (non-hydrogen) atoms. The van der Waals surface area contributed by atoms with Gasteiger partial charge in [0.25, 0.3) is 0 Å².